The Balaban J connectivity index is 1.51. The molecule has 0 atom stereocenters. The minimum atomic E-state index is -3.68. The second kappa shape index (κ2) is 11.7. The summed E-state index contributed by atoms with van der Waals surface area (Å²) in [6.07, 6.45) is 3.52. The molecule has 1 aromatic heterocycles. The van der Waals surface area contributed by atoms with Crippen molar-refractivity contribution in [1.82, 2.24) is 19.8 Å². The van der Waals surface area contributed by atoms with Crippen LogP contribution in [-0.2, 0) is 10.2 Å². The van der Waals surface area contributed by atoms with E-state index in [1.54, 1.807) is 35.0 Å². The van der Waals surface area contributed by atoms with Gasteiger partial charge in [0.15, 0.2) is 5.69 Å². The molecule has 1 fully saturated rings. The van der Waals surface area contributed by atoms with E-state index in [1.807, 2.05) is 19.1 Å². The average Bonchev–Trinajstić information content (AvgIpc) is 3.18. The third-order valence-corrected chi connectivity index (χ3v) is 8.04. The van der Waals surface area contributed by atoms with Crippen molar-refractivity contribution in [3.8, 4) is 16.9 Å². The fraction of sp³-hybridized carbons (Fsp3) is 0.360. The summed E-state index contributed by atoms with van der Waals surface area (Å²) in [5, 5.41) is 14.2. The largest absolute Gasteiger partial charge is 0.350 e. The van der Waals surface area contributed by atoms with Gasteiger partial charge in [-0.25, -0.2) is 14.5 Å². The summed E-state index contributed by atoms with van der Waals surface area (Å²) >= 11 is 18.7. The van der Waals surface area contributed by atoms with Gasteiger partial charge in [-0.05, 0) is 74.8 Å². The minimum absolute atomic E-state index is 0.245. The highest BCUT2D eigenvalue weighted by molar-refractivity contribution is 7.87. The molecule has 0 unspecified atom stereocenters. The van der Waals surface area contributed by atoms with Crippen molar-refractivity contribution in [3.63, 3.8) is 0 Å². The van der Waals surface area contributed by atoms with Crippen LogP contribution in [0.4, 0.5) is 0 Å². The van der Waals surface area contributed by atoms with Gasteiger partial charge in [0.25, 0.3) is 16.1 Å². The van der Waals surface area contributed by atoms with E-state index in [2.05, 4.69) is 15.1 Å². The lowest BCUT2D eigenvalue weighted by Gasteiger charge is -2.28. The molecule has 37 heavy (non-hydrogen) atoms. The van der Waals surface area contributed by atoms with Gasteiger partial charge in [-0.2, -0.15) is 13.5 Å². The van der Waals surface area contributed by atoms with Gasteiger partial charge in [0.2, 0.25) is 0 Å². The van der Waals surface area contributed by atoms with Crippen LogP contribution in [0.3, 0.4) is 0 Å². The standard InChI is InChI=1S/C25H28Cl3N5O3S/c1-15-23(25(34)30-13-16-2-4-17(5-3-16)14-31-37(29,35)36)32-33(22-11-10-20(27)12-21(22)28)24(15)18-6-8-19(26)9-7-18/h6-12,16-17,31H,2-5,13-14H2,1H3,(H,30,34)(H2,29,35,36)/t16-,17-. The average molecular weight is 585 g/mol. The maximum atomic E-state index is 13.3. The first kappa shape index (κ1) is 27.9. The molecule has 1 heterocycles. The maximum absolute atomic E-state index is 13.3. The molecule has 3 aromatic rings. The van der Waals surface area contributed by atoms with E-state index in [-0.39, 0.29) is 11.8 Å². The summed E-state index contributed by atoms with van der Waals surface area (Å²) in [6, 6.07) is 12.4. The normalized spacial score (nSPS) is 18.1. The predicted octanol–water partition coefficient (Wildman–Crippen LogP) is 5.14. The molecule has 1 aliphatic rings. The topological polar surface area (TPSA) is 119 Å². The highest BCUT2D eigenvalue weighted by Crippen LogP contribution is 2.33. The molecule has 12 heteroatoms. The van der Waals surface area contributed by atoms with Crippen molar-refractivity contribution in [3.05, 3.63) is 68.8 Å². The number of halogens is 3. The third kappa shape index (κ3) is 7.04. The van der Waals surface area contributed by atoms with Gasteiger partial charge in [0, 0.05) is 34.3 Å². The summed E-state index contributed by atoms with van der Waals surface area (Å²) in [7, 11) is -3.68. The summed E-state index contributed by atoms with van der Waals surface area (Å²) in [6.45, 7) is 2.71. The Labute approximate surface area is 231 Å². The Hall–Kier alpha value is -2.14. The monoisotopic (exact) mass is 583 g/mol. The van der Waals surface area contributed by atoms with Gasteiger partial charge in [-0.15, -0.1) is 0 Å². The molecular weight excluding hydrogens is 557 g/mol. The van der Waals surface area contributed by atoms with Crippen LogP contribution >= 0.6 is 34.8 Å². The lowest BCUT2D eigenvalue weighted by Crippen LogP contribution is -2.37. The highest BCUT2D eigenvalue weighted by Gasteiger charge is 2.26. The highest BCUT2D eigenvalue weighted by atomic mass is 35.5. The zero-order valence-corrected chi connectivity index (χ0v) is 23.3. The van der Waals surface area contributed by atoms with E-state index in [1.165, 1.54) is 0 Å². The number of hydrogen-bond acceptors (Lipinski definition) is 4. The van der Waals surface area contributed by atoms with Gasteiger partial charge in [0.05, 0.1) is 16.4 Å². The van der Waals surface area contributed by atoms with Crippen LogP contribution < -0.4 is 15.2 Å². The van der Waals surface area contributed by atoms with Crippen LogP contribution in [-0.4, -0.2) is 37.2 Å². The summed E-state index contributed by atoms with van der Waals surface area (Å²) in [4.78, 5) is 13.3. The Morgan fingerprint density at radius 3 is 2.19 bits per heavy atom. The number of nitrogens with zero attached hydrogens (tertiary/aromatic N) is 2. The van der Waals surface area contributed by atoms with Crippen molar-refractivity contribution >= 4 is 50.9 Å². The van der Waals surface area contributed by atoms with Crippen molar-refractivity contribution < 1.29 is 13.2 Å². The fourth-order valence-corrected chi connectivity index (χ4v) is 5.76. The lowest BCUT2D eigenvalue weighted by atomic mass is 9.82. The number of nitrogens with one attached hydrogen (secondary N) is 2. The Morgan fingerprint density at radius 2 is 1.59 bits per heavy atom. The Kier molecular flexibility index (Phi) is 8.83. The van der Waals surface area contributed by atoms with Crippen LogP contribution in [0.2, 0.25) is 15.1 Å². The van der Waals surface area contributed by atoms with Gasteiger partial charge < -0.3 is 5.32 Å². The molecule has 0 bridgehead atoms. The van der Waals surface area contributed by atoms with Crippen molar-refractivity contribution in [1.29, 1.82) is 0 Å². The van der Waals surface area contributed by atoms with Gasteiger partial charge in [-0.1, -0.05) is 46.9 Å². The first-order chi connectivity index (χ1) is 17.5. The van der Waals surface area contributed by atoms with Gasteiger partial charge >= 0.3 is 0 Å². The van der Waals surface area contributed by atoms with Gasteiger partial charge in [-0.3, -0.25) is 4.79 Å². The molecule has 1 aliphatic carbocycles. The molecule has 4 rings (SSSR count). The van der Waals surface area contributed by atoms with E-state index in [0.29, 0.717) is 51.0 Å². The molecule has 1 amide bonds. The number of nitrogens with two attached hydrogens (primary N) is 1. The molecule has 0 aliphatic heterocycles. The first-order valence-corrected chi connectivity index (χ1v) is 14.6. The van der Waals surface area contributed by atoms with E-state index < -0.39 is 10.2 Å². The molecule has 2 aromatic carbocycles. The second-order valence-electron chi connectivity index (χ2n) is 9.33. The number of hydrogen-bond donors (Lipinski definition) is 3. The van der Waals surface area contributed by atoms with E-state index in [9.17, 15) is 13.2 Å². The number of rotatable bonds is 8. The molecule has 0 spiro atoms. The Morgan fingerprint density at radius 1 is 1.00 bits per heavy atom. The number of carbonyl (C=O) groups is 1. The first-order valence-electron chi connectivity index (χ1n) is 11.9. The summed E-state index contributed by atoms with van der Waals surface area (Å²) < 4.78 is 26.3. The summed E-state index contributed by atoms with van der Waals surface area (Å²) in [5.41, 5.74) is 3.19. The van der Waals surface area contributed by atoms with Crippen LogP contribution in [0.25, 0.3) is 16.9 Å². The Bertz CT molecular complexity index is 1390. The number of carbonyl (C=O) groups excluding carboxylic acids is 1. The minimum Gasteiger partial charge on any atom is -0.350 e. The van der Waals surface area contributed by atoms with E-state index in [4.69, 9.17) is 39.9 Å². The fourth-order valence-electron chi connectivity index (χ4n) is 4.68. The molecular formula is C25H28Cl3N5O3S. The smallest absolute Gasteiger partial charge is 0.274 e. The predicted molar refractivity (Wildman–Crippen MR) is 148 cm³/mol. The van der Waals surface area contributed by atoms with Crippen LogP contribution in [0.5, 0.6) is 0 Å². The lowest BCUT2D eigenvalue weighted by molar-refractivity contribution is 0.0935. The van der Waals surface area contributed by atoms with Crippen molar-refractivity contribution in [2.45, 2.75) is 32.6 Å². The van der Waals surface area contributed by atoms with Crippen LogP contribution in [0, 0.1) is 18.8 Å². The second-order valence-corrected chi connectivity index (χ2v) is 12.0. The van der Waals surface area contributed by atoms with Crippen LogP contribution in [0.1, 0.15) is 41.7 Å². The van der Waals surface area contributed by atoms with Crippen molar-refractivity contribution in [2.75, 3.05) is 13.1 Å². The third-order valence-electron chi connectivity index (χ3n) is 6.68. The number of amides is 1. The van der Waals surface area contributed by atoms with E-state index >= 15 is 0 Å². The summed E-state index contributed by atoms with van der Waals surface area (Å²) in [5.74, 6) is 0.280. The molecule has 198 valence electrons. The molecule has 0 radical (unpaired) electrons. The SMILES string of the molecule is Cc1c(C(=O)NC[C@H]2CC[C@H](CNS(N)(=O)=O)CC2)nn(-c2ccc(Cl)cc2Cl)c1-c1ccc(Cl)cc1. The number of aromatic nitrogens is 2. The molecule has 1 saturated carbocycles. The van der Waals surface area contributed by atoms with Crippen LogP contribution in [0.15, 0.2) is 42.5 Å². The number of benzene rings is 2. The van der Waals surface area contributed by atoms with E-state index in [0.717, 1.165) is 36.9 Å². The zero-order valence-electron chi connectivity index (χ0n) is 20.2. The molecule has 0 saturated heterocycles. The van der Waals surface area contributed by atoms with Crippen molar-refractivity contribution in [2.24, 2.45) is 17.0 Å². The molecule has 4 N–H and O–H groups in total. The maximum Gasteiger partial charge on any atom is 0.274 e. The zero-order chi connectivity index (χ0) is 26.7. The quantitative estimate of drug-likeness (QED) is 0.340. The molecule has 8 nitrogen and oxygen atoms in total. The van der Waals surface area contributed by atoms with Gasteiger partial charge in [0.1, 0.15) is 0 Å².